The van der Waals surface area contributed by atoms with E-state index in [1.807, 2.05) is 45.6 Å². The molecule has 8 rings (SSSR count). The number of urea groups is 2. The molecule has 5 heterocycles. The molecule has 3 aromatic carbocycles. The molecule has 0 unspecified atom stereocenters. The summed E-state index contributed by atoms with van der Waals surface area (Å²) in [6.07, 6.45) is 3.87. The summed E-state index contributed by atoms with van der Waals surface area (Å²) >= 11 is 0. The summed E-state index contributed by atoms with van der Waals surface area (Å²) < 4.78 is 37.5. The molecule has 0 aliphatic carbocycles. The SMILES string of the molecule is COC(=O)c1ccc2c(c1)OC[C@H](C)N(C(=O)N1CCC(OC)CC1)C2.COC(=O)c1ccc2c(c1)OC[C@H](C)NC2.COC1CCN(C(=O)N2Cc3ccc(C(=O)NO)cc3OC[C@@H]2C)CC1.S.S.S. The number of ether oxygens (including phenoxy) is 7. The fourth-order valence-electron chi connectivity index (χ4n) is 8.45. The quantitative estimate of drug-likeness (QED) is 0.162. The summed E-state index contributed by atoms with van der Waals surface area (Å²) in [5, 5.41) is 12.1. The molecule has 3 atom stereocenters. The Morgan fingerprint density at radius 1 is 0.577 bits per heavy atom. The lowest BCUT2D eigenvalue weighted by molar-refractivity contribution is 0.0404. The van der Waals surface area contributed by atoms with E-state index in [-0.39, 0.29) is 82.8 Å². The van der Waals surface area contributed by atoms with Crippen molar-refractivity contribution in [2.24, 2.45) is 0 Å². The smallest absolute Gasteiger partial charge is 0.337 e. The predicted molar refractivity (Wildman–Crippen MR) is 279 cm³/mol. The molecule has 0 radical (unpaired) electrons. The third kappa shape index (κ3) is 15.7. The van der Waals surface area contributed by atoms with Crippen LogP contribution in [0.3, 0.4) is 0 Å². The van der Waals surface area contributed by atoms with Crippen molar-refractivity contribution in [2.45, 2.75) is 96.4 Å². The molecule has 2 saturated heterocycles. The lowest BCUT2D eigenvalue weighted by Gasteiger charge is -2.36. The van der Waals surface area contributed by atoms with Gasteiger partial charge in [0, 0.05) is 75.2 Å². The van der Waals surface area contributed by atoms with Gasteiger partial charge in [0.1, 0.15) is 37.1 Å². The second-order valence-electron chi connectivity index (χ2n) is 17.5. The van der Waals surface area contributed by atoms with Crippen LogP contribution in [0.5, 0.6) is 17.2 Å². The monoisotopic (exact) mass is 1050 g/mol. The first-order valence-corrected chi connectivity index (χ1v) is 23.1. The van der Waals surface area contributed by atoms with Crippen LogP contribution in [-0.4, -0.2) is 159 Å². The topological polar surface area (TPSA) is 207 Å². The molecule has 22 heteroatoms. The van der Waals surface area contributed by atoms with Crippen molar-refractivity contribution in [1.82, 2.24) is 30.4 Å². The number of hydrogen-bond acceptors (Lipinski definition) is 14. The van der Waals surface area contributed by atoms with Crippen LogP contribution in [0.2, 0.25) is 0 Å². The number of rotatable bonds is 5. The molecule has 0 saturated carbocycles. The van der Waals surface area contributed by atoms with Crippen LogP contribution in [0.4, 0.5) is 9.59 Å². The third-order valence-electron chi connectivity index (χ3n) is 12.8. The summed E-state index contributed by atoms with van der Waals surface area (Å²) in [6, 6.07) is 15.8. The number of benzene rings is 3. The number of nitrogens with one attached hydrogen (secondary N) is 2. The van der Waals surface area contributed by atoms with Crippen molar-refractivity contribution in [3.63, 3.8) is 0 Å². The minimum Gasteiger partial charge on any atom is -0.492 e. The molecular formula is C49H72N6O13S3. The van der Waals surface area contributed by atoms with E-state index < -0.39 is 11.9 Å². The largest absolute Gasteiger partial charge is 0.492 e. The van der Waals surface area contributed by atoms with Crippen molar-refractivity contribution in [3.05, 3.63) is 88.0 Å². The highest BCUT2D eigenvalue weighted by Crippen LogP contribution is 2.30. The van der Waals surface area contributed by atoms with E-state index in [2.05, 4.69) is 17.0 Å². The zero-order valence-corrected chi connectivity index (χ0v) is 44.6. The number of piperidine rings is 2. The Morgan fingerprint density at radius 3 is 1.37 bits per heavy atom. The number of carbonyl (C=O) groups excluding carboxylic acids is 5. The fourth-order valence-corrected chi connectivity index (χ4v) is 8.45. The minimum absolute atomic E-state index is 0. The maximum absolute atomic E-state index is 13.0. The summed E-state index contributed by atoms with van der Waals surface area (Å²) in [7, 11) is 6.15. The van der Waals surface area contributed by atoms with Gasteiger partial charge in [-0.05, 0) is 82.9 Å². The number of hydroxylamine groups is 1. The Morgan fingerprint density at radius 2 is 0.958 bits per heavy atom. The van der Waals surface area contributed by atoms with Gasteiger partial charge in [0.2, 0.25) is 0 Å². The van der Waals surface area contributed by atoms with Gasteiger partial charge in [-0.25, -0.2) is 24.7 Å². The molecule has 5 aliphatic heterocycles. The number of methoxy groups -OCH3 is 4. The van der Waals surface area contributed by atoms with Gasteiger partial charge in [0.25, 0.3) is 5.91 Å². The van der Waals surface area contributed by atoms with E-state index in [1.54, 1.807) is 62.2 Å². The van der Waals surface area contributed by atoms with E-state index >= 15 is 0 Å². The molecule has 19 nitrogen and oxygen atoms in total. The van der Waals surface area contributed by atoms with Gasteiger partial charge >= 0.3 is 24.0 Å². The number of carbonyl (C=O) groups is 5. The van der Waals surface area contributed by atoms with Crippen LogP contribution >= 0.6 is 40.5 Å². The molecule has 394 valence electrons. The first-order valence-electron chi connectivity index (χ1n) is 23.1. The van der Waals surface area contributed by atoms with Crippen LogP contribution in [-0.2, 0) is 38.6 Å². The van der Waals surface area contributed by atoms with Crippen LogP contribution in [0.15, 0.2) is 54.6 Å². The lowest BCUT2D eigenvalue weighted by Crippen LogP contribution is -2.50. The standard InChI is InChI=1S/C19H26N2O5.C18H25N3O5.C12H15NO3.3H2S/c1-13-12-26-17-10-14(18(22)25-3)4-5-15(17)11-21(13)19(23)20-8-6-16(24-2)7-9-20;1-12-11-26-16-9-13(17(22)19-24)3-4-14(16)10-21(12)18(23)20-7-5-15(25-2)6-8-20;1-8-7-16-11-5-9(12(14)15-2)3-4-10(11)6-13-8;;;/h4-5,10,13,16H,6-9,11-12H2,1-3H3;3-4,9,12,15,24H,5-8,10-11H2,1-2H3,(H,19,22);3-5,8,13H,6-7H2,1-2H3;3*1H2/t13-;12-;8-;;;/m000.../s1. The highest BCUT2D eigenvalue weighted by Gasteiger charge is 2.33. The Kier molecular flexibility index (Phi) is 24.4. The number of amides is 5. The Labute approximate surface area is 437 Å². The average molecular weight is 1050 g/mol. The van der Waals surface area contributed by atoms with Crippen molar-refractivity contribution >= 4 is 70.4 Å². The zero-order valence-electron chi connectivity index (χ0n) is 41.6. The van der Waals surface area contributed by atoms with Crippen molar-refractivity contribution in [1.29, 1.82) is 0 Å². The molecule has 71 heavy (non-hydrogen) atoms. The number of esters is 2. The molecule has 5 aliphatic rings. The molecular weight excluding hydrogens is 977 g/mol. The zero-order chi connectivity index (χ0) is 48.9. The second kappa shape index (κ2) is 28.8. The lowest BCUT2D eigenvalue weighted by atomic mass is 10.1. The summed E-state index contributed by atoms with van der Waals surface area (Å²) in [5.41, 5.74) is 5.68. The second-order valence-corrected chi connectivity index (χ2v) is 17.5. The van der Waals surface area contributed by atoms with Crippen molar-refractivity contribution < 1.29 is 62.3 Å². The van der Waals surface area contributed by atoms with E-state index in [0.29, 0.717) is 93.3 Å². The normalized spacial score (nSPS) is 19.6. The van der Waals surface area contributed by atoms with Crippen LogP contribution in [0.1, 0.15) is 94.2 Å². The van der Waals surface area contributed by atoms with Crippen LogP contribution < -0.4 is 25.0 Å². The molecule has 0 spiro atoms. The predicted octanol–water partition coefficient (Wildman–Crippen LogP) is 5.59. The van der Waals surface area contributed by atoms with Gasteiger partial charge in [0.15, 0.2) is 0 Å². The van der Waals surface area contributed by atoms with Crippen molar-refractivity contribution in [2.75, 3.05) is 74.4 Å². The summed E-state index contributed by atoms with van der Waals surface area (Å²) in [5.74, 6) is 0.626. The third-order valence-corrected chi connectivity index (χ3v) is 12.8. The molecule has 0 bridgehead atoms. The van der Waals surface area contributed by atoms with E-state index in [1.165, 1.54) is 14.2 Å². The highest BCUT2D eigenvalue weighted by atomic mass is 32.1. The van der Waals surface area contributed by atoms with Crippen LogP contribution in [0.25, 0.3) is 0 Å². The van der Waals surface area contributed by atoms with E-state index in [0.717, 1.165) is 54.7 Å². The minimum atomic E-state index is -0.595. The molecule has 2 fully saturated rings. The van der Waals surface area contributed by atoms with Gasteiger partial charge in [-0.3, -0.25) is 10.0 Å². The summed E-state index contributed by atoms with van der Waals surface area (Å²) in [6.45, 7) is 11.7. The maximum Gasteiger partial charge on any atom is 0.337 e. The first kappa shape index (κ1) is 60.2. The van der Waals surface area contributed by atoms with Gasteiger partial charge in [-0.15, -0.1) is 0 Å². The van der Waals surface area contributed by atoms with Crippen LogP contribution in [0, 0.1) is 0 Å². The van der Waals surface area contributed by atoms with Gasteiger partial charge in [0.05, 0.1) is 62.7 Å². The number of likely N-dealkylation sites (tertiary alicyclic amines) is 2. The molecule has 3 N–H and O–H groups in total. The van der Waals surface area contributed by atoms with E-state index in [4.69, 9.17) is 33.6 Å². The Bertz CT molecular complexity index is 2130. The molecule has 5 amide bonds. The maximum atomic E-state index is 13.0. The fraction of sp³-hybridized carbons (Fsp3) is 0.531. The van der Waals surface area contributed by atoms with Gasteiger partial charge < -0.3 is 58.1 Å². The Balaban J connectivity index is 0.000000284. The van der Waals surface area contributed by atoms with Crippen molar-refractivity contribution in [3.8, 4) is 17.2 Å². The number of fused-ring (bicyclic) bond motifs is 3. The summed E-state index contributed by atoms with van der Waals surface area (Å²) in [4.78, 5) is 68.1. The highest BCUT2D eigenvalue weighted by molar-refractivity contribution is 7.59. The first-order chi connectivity index (χ1) is 32.8. The molecule has 3 aromatic rings. The average Bonchev–Trinajstić information content (AvgIpc) is 3.76. The Hall–Kier alpha value is -5.10. The van der Waals surface area contributed by atoms with E-state index in [9.17, 15) is 24.0 Å². The number of nitrogens with zero attached hydrogens (tertiary/aromatic N) is 4. The van der Waals surface area contributed by atoms with Gasteiger partial charge in [-0.1, -0.05) is 18.2 Å². The number of hydrogen-bond donors (Lipinski definition) is 3. The molecule has 0 aromatic heterocycles. The van der Waals surface area contributed by atoms with Gasteiger partial charge in [-0.2, -0.15) is 40.5 Å².